The van der Waals surface area contributed by atoms with Gasteiger partial charge in [-0.3, -0.25) is 0 Å². The molecule has 0 aliphatic carbocycles. The van der Waals surface area contributed by atoms with Crippen LogP contribution in [0.4, 0.5) is 8.78 Å². The van der Waals surface area contributed by atoms with E-state index in [0.717, 1.165) is 6.07 Å². The van der Waals surface area contributed by atoms with Crippen LogP contribution in [0.5, 0.6) is 11.5 Å². The Kier molecular flexibility index (Phi) is 3.24. The molecule has 0 aliphatic heterocycles. The summed E-state index contributed by atoms with van der Waals surface area (Å²) >= 11 is 0. The molecule has 14 heavy (non-hydrogen) atoms. The molecule has 0 spiro atoms. The first-order valence-corrected chi connectivity index (χ1v) is 4.16. The first-order valence-electron chi connectivity index (χ1n) is 4.16. The van der Waals surface area contributed by atoms with Crippen molar-refractivity contribution >= 4 is 0 Å². The van der Waals surface area contributed by atoms with Gasteiger partial charge in [-0.05, 0) is 25.5 Å². The highest BCUT2D eigenvalue weighted by Crippen LogP contribution is 2.31. The van der Waals surface area contributed by atoms with E-state index in [1.807, 2.05) is 0 Å². The van der Waals surface area contributed by atoms with Crippen molar-refractivity contribution in [3.8, 4) is 11.5 Å². The molecule has 78 valence electrons. The van der Waals surface area contributed by atoms with Gasteiger partial charge in [0.2, 0.25) is 5.82 Å². The molecular weight excluding hydrogens is 192 g/mol. The van der Waals surface area contributed by atoms with Crippen molar-refractivity contribution in [2.75, 3.05) is 6.54 Å². The van der Waals surface area contributed by atoms with Crippen molar-refractivity contribution in [3.05, 3.63) is 23.3 Å². The predicted octanol–water partition coefficient (Wildman–Crippen LogP) is 1.27. The zero-order valence-corrected chi connectivity index (χ0v) is 7.43. The van der Waals surface area contributed by atoms with Crippen molar-refractivity contribution in [1.29, 1.82) is 0 Å². The number of rotatable bonds is 3. The summed E-state index contributed by atoms with van der Waals surface area (Å²) < 4.78 is 25.7. The zero-order chi connectivity index (χ0) is 10.7. The van der Waals surface area contributed by atoms with E-state index < -0.39 is 23.1 Å². The number of aryl methyl sites for hydroxylation is 1. The molecule has 3 nitrogen and oxygen atoms in total. The topological polar surface area (TPSA) is 66.5 Å². The van der Waals surface area contributed by atoms with E-state index in [0.29, 0.717) is 13.0 Å². The van der Waals surface area contributed by atoms with E-state index in [4.69, 9.17) is 10.8 Å². The van der Waals surface area contributed by atoms with E-state index >= 15 is 0 Å². The van der Waals surface area contributed by atoms with Crippen molar-refractivity contribution in [1.82, 2.24) is 0 Å². The lowest BCUT2D eigenvalue weighted by molar-refractivity contribution is 0.363. The van der Waals surface area contributed by atoms with Crippen LogP contribution in [0, 0.1) is 11.6 Å². The third-order valence-corrected chi connectivity index (χ3v) is 1.90. The van der Waals surface area contributed by atoms with E-state index in [2.05, 4.69) is 0 Å². The molecule has 1 aromatic rings. The van der Waals surface area contributed by atoms with Crippen LogP contribution in [0.3, 0.4) is 0 Å². The second-order valence-corrected chi connectivity index (χ2v) is 2.92. The van der Waals surface area contributed by atoms with E-state index in [1.165, 1.54) is 0 Å². The van der Waals surface area contributed by atoms with Gasteiger partial charge in [-0.2, -0.15) is 4.39 Å². The summed E-state index contributed by atoms with van der Waals surface area (Å²) in [5, 5.41) is 18.0. The van der Waals surface area contributed by atoms with Crippen LogP contribution in [-0.2, 0) is 6.42 Å². The monoisotopic (exact) mass is 203 g/mol. The van der Waals surface area contributed by atoms with E-state index in [9.17, 15) is 13.9 Å². The number of phenolic OH excluding ortho intramolecular Hbond substituents is 2. The first-order chi connectivity index (χ1) is 6.57. The lowest BCUT2D eigenvalue weighted by atomic mass is 10.1. The average Bonchev–Trinajstić information content (AvgIpc) is 2.18. The van der Waals surface area contributed by atoms with Crippen molar-refractivity contribution in [2.45, 2.75) is 12.8 Å². The van der Waals surface area contributed by atoms with Crippen LogP contribution < -0.4 is 5.73 Å². The molecule has 1 aromatic carbocycles. The molecule has 0 amide bonds. The lowest BCUT2D eigenvalue weighted by Crippen LogP contribution is -2.01. The third kappa shape index (κ3) is 1.93. The molecule has 0 saturated heterocycles. The fourth-order valence-electron chi connectivity index (χ4n) is 1.13. The smallest absolute Gasteiger partial charge is 0.209 e. The molecule has 4 N–H and O–H groups in total. The SMILES string of the molecule is NCCCc1cc(F)c(O)c(F)c1O. The highest BCUT2D eigenvalue weighted by Gasteiger charge is 2.16. The molecule has 0 aliphatic rings. The Morgan fingerprint density at radius 3 is 2.43 bits per heavy atom. The Labute approximate surface area is 79.8 Å². The van der Waals surface area contributed by atoms with Crippen LogP contribution in [0.25, 0.3) is 0 Å². The van der Waals surface area contributed by atoms with E-state index in [1.54, 1.807) is 0 Å². The normalized spacial score (nSPS) is 10.5. The van der Waals surface area contributed by atoms with Gasteiger partial charge in [0.05, 0.1) is 0 Å². The van der Waals surface area contributed by atoms with Gasteiger partial charge in [0.25, 0.3) is 0 Å². The first kappa shape index (κ1) is 10.7. The largest absolute Gasteiger partial charge is 0.505 e. The summed E-state index contributed by atoms with van der Waals surface area (Å²) in [7, 11) is 0. The minimum absolute atomic E-state index is 0.114. The highest BCUT2D eigenvalue weighted by atomic mass is 19.1. The fraction of sp³-hybridized carbons (Fsp3) is 0.333. The predicted molar refractivity (Wildman–Crippen MR) is 47.1 cm³/mol. The fourth-order valence-corrected chi connectivity index (χ4v) is 1.13. The maximum Gasteiger partial charge on any atom is 0.209 e. The Morgan fingerprint density at radius 1 is 1.21 bits per heavy atom. The summed E-state index contributed by atoms with van der Waals surface area (Å²) in [6, 6.07) is 0.906. The van der Waals surface area contributed by atoms with Crippen LogP contribution in [0.2, 0.25) is 0 Å². The number of hydrogen-bond donors (Lipinski definition) is 3. The van der Waals surface area contributed by atoms with Gasteiger partial charge in [0.15, 0.2) is 17.3 Å². The molecule has 0 unspecified atom stereocenters. The summed E-state index contributed by atoms with van der Waals surface area (Å²) in [6.07, 6.45) is 0.785. The standard InChI is InChI=1S/C9H11F2NO2/c10-6-4-5(2-1-3-12)8(13)7(11)9(6)14/h4,13-14H,1-3,12H2. The Bertz CT molecular complexity index is 342. The van der Waals surface area contributed by atoms with Crippen LogP contribution in [0.15, 0.2) is 6.07 Å². The highest BCUT2D eigenvalue weighted by molar-refractivity contribution is 5.42. The summed E-state index contributed by atoms with van der Waals surface area (Å²) in [5.74, 6) is -4.26. The molecule has 0 aromatic heterocycles. The maximum absolute atomic E-state index is 12.9. The lowest BCUT2D eigenvalue weighted by Gasteiger charge is -2.06. The summed E-state index contributed by atoms with van der Waals surface area (Å²) in [5.41, 5.74) is 5.33. The quantitative estimate of drug-likeness (QED) is 0.693. The molecule has 0 fully saturated rings. The zero-order valence-electron chi connectivity index (χ0n) is 7.43. The minimum Gasteiger partial charge on any atom is -0.505 e. The summed E-state index contributed by atoms with van der Waals surface area (Å²) in [4.78, 5) is 0. The molecule has 0 bridgehead atoms. The number of aromatic hydroxyl groups is 2. The second kappa shape index (κ2) is 4.23. The number of halogens is 2. The molecule has 0 saturated carbocycles. The van der Waals surface area contributed by atoms with Crippen molar-refractivity contribution < 1.29 is 19.0 Å². The Balaban J connectivity index is 3.06. The molecule has 5 heteroatoms. The number of phenols is 2. The van der Waals surface area contributed by atoms with Gasteiger partial charge in [-0.25, -0.2) is 4.39 Å². The van der Waals surface area contributed by atoms with Crippen LogP contribution >= 0.6 is 0 Å². The third-order valence-electron chi connectivity index (χ3n) is 1.90. The van der Waals surface area contributed by atoms with Crippen molar-refractivity contribution in [2.24, 2.45) is 5.73 Å². The van der Waals surface area contributed by atoms with Gasteiger partial charge < -0.3 is 15.9 Å². The van der Waals surface area contributed by atoms with E-state index in [-0.39, 0.29) is 12.0 Å². The van der Waals surface area contributed by atoms with Crippen LogP contribution in [0.1, 0.15) is 12.0 Å². The molecular formula is C9H11F2NO2. The maximum atomic E-state index is 12.9. The van der Waals surface area contributed by atoms with Gasteiger partial charge in [0, 0.05) is 5.56 Å². The summed E-state index contributed by atoms with van der Waals surface area (Å²) in [6.45, 7) is 0.365. The van der Waals surface area contributed by atoms with Crippen LogP contribution in [-0.4, -0.2) is 16.8 Å². The second-order valence-electron chi connectivity index (χ2n) is 2.92. The number of hydrogen-bond acceptors (Lipinski definition) is 3. The number of benzene rings is 1. The van der Waals surface area contributed by atoms with Crippen molar-refractivity contribution in [3.63, 3.8) is 0 Å². The van der Waals surface area contributed by atoms with Gasteiger partial charge in [0.1, 0.15) is 0 Å². The van der Waals surface area contributed by atoms with Gasteiger partial charge in [-0.15, -0.1) is 0 Å². The molecule has 1 rings (SSSR count). The molecule has 0 heterocycles. The van der Waals surface area contributed by atoms with Gasteiger partial charge >= 0.3 is 0 Å². The molecule has 0 atom stereocenters. The molecule has 0 radical (unpaired) electrons. The Morgan fingerprint density at radius 2 is 1.86 bits per heavy atom. The van der Waals surface area contributed by atoms with Gasteiger partial charge in [-0.1, -0.05) is 0 Å². The Hall–Kier alpha value is -1.36. The average molecular weight is 203 g/mol. The number of nitrogens with two attached hydrogens (primary N) is 1. The minimum atomic E-state index is -1.32.